The molecule has 3 aromatic rings. The summed E-state index contributed by atoms with van der Waals surface area (Å²) in [5.74, 6) is 2.68. The van der Waals surface area contributed by atoms with Crippen LogP contribution in [0.25, 0.3) is 16.7 Å². The lowest BCUT2D eigenvalue weighted by atomic mass is 10.1. The molecule has 0 amide bonds. The molecular weight excluding hydrogens is 384 g/mol. The Bertz CT molecular complexity index is 1030. The lowest BCUT2D eigenvalue weighted by Gasteiger charge is -2.23. The third-order valence-electron chi connectivity index (χ3n) is 5.79. The Morgan fingerprint density at radius 1 is 1.19 bits per heavy atom. The normalized spacial score (nSPS) is 13.5. The number of rotatable bonds is 11. The minimum absolute atomic E-state index is 0.635. The first-order valence-electron chi connectivity index (χ1n) is 11.4. The van der Waals surface area contributed by atoms with Crippen molar-refractivity contribution < 1.29 is 0 Å². The van der Waals surface area contributed by atoms with Gasteiger partial charge >= 0.3 is 0 Å². The highest BCUT2D eigenvalue weighted by atomic mass is 15.3. The molecule has 0 saturated heterocycles. The molecule has 0 aliphatic heterocycles. The van der Waals surface area contributed by atoms with Gasteiger partial charge in [0.05, 0.1) is 0 Å². The van der Waals surface area contributed by atoms with Crippen molar-refractivity contribution in [3.63, 3.8) is 0 Å². The summed E-state index contributed by atoms with van der Waals surface area (Å²) in [4.78, 5) is 12.3. The number of imidazole rings is 1. The Hall–Kier alpha value is -2.86. The number of aromatic nitrogens is 3. The average molecular weight is 419 g/mol. The maximum Gasteiger partial charge on any atom is 0.209 e. The molecule has 0 radical (unpaired) electrons. The van der Waals surface area contributed by atoms with E-state index >= 15 is 0 Å². The van der Waals surface area contributed by atoms with E-state index in [9.17, 15) is 0 Å². The number of nitrogens with two attached hydrogens (primary N) is 1. The van der Waals surface area contributed by atoms with Gasteiger partial charge in [0.25, 0.3) is 0 Å². The van der Waals surface area contributed by atoms with E-state index < -0.39 is 0 Å². The van der Waals surface area contributed by atoms with E-state index in [0.717, 1.165) is 78.1 Å². The fourth-order valence-corrected chi connectivity index (χ4v) is 3.87. The SMILES string of the molecule is C=C(C)c1ccc(Nc2nc3ccc(N(CCC)CC4CC4)nc3n2CCCN)cc1. The Kier molecular flexibility index (Phi) is 6.56. The number of hydrogen-bond acceptors (Lipinski definition) is 5. The van der Waals surface area contributed by atoms with E-state index in [-0.39, 0.29) is 0 Å². The molecule has 4 rings (SSSR count). The van der Waals surface area contributed by atoms with Crippen LogP contribution in [0.3, 0.4) is 0 Å². The molecule has 1 aromatic carbocycles. The second-order valence-corrected chi connectivity index (χ2v) is 8.61. The monoisotopic (exact) mass is 418 g/mol. The summed E-state index contributed by atoms with van der Waals surface area (Å²) in [5, 5.41) is 3.48. The van der Waals surface area contributed by atoms with E-state index in [1.165, 1.54) is 12.8 Å². The molecule has 1 aliphatic carbocycles. The van der Waals surface area contributed by atoms with Crippen molar-refractivity contribution in [1.29, 1.82) is 0 Å². The molecule has 31 heavy (non-hydrogen) atoms. The van der Waals surface area contributed by atoms with Crippen molar-refractivity contribution >= 4 is 34.2 Å². The summed E-state index contributed by atoms with van der Waals surface area (Å²) in [6.07, 6.45) is 4.68. The van der Waals surface area contributed by atoms with Gasteiger partial charge in [-0.05, 0) is 74.9 Å². The first-order chi connectivity index (χ1) is 15.1. The molecule has 0 spiro atoms. The first kappa shape index (κ1) is 21.4. The van der Waals surface area contributed by atoms with Gasteiger partial charge in [0.15, 0.2) is 5.65 Å². The Labute approximate surface area is 185 Å². The number of fused-ring (bicyclic) bond motifs is 1. The second kappa shape index (κ2) is 9.52. The van der Waals surface area contributed by atoms with Gasteiger partial charge in [-0.2, -0.15) is 0 Å². The van der Waals surface area contributed by atoms with Crippen LogP contribution in [0.2, 0.25) is 0 Å². The molecule has 164 valence electrons. The van der Waals surface area contributed by atoms with Crippen LogP contribution in [0, 0.1) is 5.92 Å². The summed E-state index contributed by atoms with van der Waals surface area (Å²) in [6, 6.07) is 12.5. The molecule has 1 fully saturated rings. The fraction of sp³-hybridized carbons (Fsp3) is 0.440. The zero-order valence-corrected chi connectivity index (χ0v) is 18.8. The topological polar surface area (TPSA) is 72.0 Å². The highest BCUT2D eigenvalue weighted by molar-refractivity contribution is 5.78. The van der Waals surface area contributed by atoms with Gasteiger partial charge in [-0.1, -0.05) is 31.2 Å². The largest absolute Gasteiger partial charge is 0.356 e. The number of pyridine rings is 1. The minimum Gasteiger partial charge on any atom is -0.356 e. The van der Waals surface area contributed by atoms with Crippen molar-refractivity contribution in [2.24, 2.45) is 11.7 Å². The van der Waals surface area contributed by atoms with E-state index in [1.807, 2.05) is 6.92 Å². The first-order valence-corrected chi connectivity index (χ1v) is 11.4. The number of aryl methyl sites for hydroxylation is 1. The van der Waals surface area contributed by atoms with E-state index in [0.29, 0.717) is 6.54 Å². The number of anilines is 3. The zero-order chi connectivity index (χ0) is 21.8. The van der Waals surface area contributed by atoms with Crippen LogP contribution >= 0.6 is 0 Å². The van der Waals surface area contributed by atoms with Gasteiger partial charge < -0.3 is 16.0 Å². The molecule has 2 heterocycles. The molecule has 3 N–H and O–H groups in total. The number of benzene rings is 1. The average Bonchev–Trinajstić information content (AvgIpc) is 3.52. The van der Waals surface area contributed by atoms with Crippen molar-refractivity contribution in [2.75, 3.05) is 29.9 Å². The molecular formula is C25H34N6. The number of allylic oxidation sites excluding steroid dienone is 1. The summed E-state index contributed by atoms with van der Waals surface area (Å²) < 4.78 is 2.17. The van der Waals surface area contributed by atoms with Crippen LogP contribution < -0.4 is 16.0 Å². The van der Waals surface area contributed by atoms with Crippen LogP contribution in [0.5, 0.6) is 0 Å². The zero-order valence-electron chi connectivity index (χ0n) is 18.8. The van der Waals surface area contributed by atoms with Crippen molar-refractivity contribution in [3.05, 3.63) is 48.5 Å². The molecule has 0 atom stereocenters. The number of nitrogens with one attached hydrogen (secondary N) is 1. The Balaban J connectivity index is 1.66. The minimum atomic E-state index is 0.635. The standard InChI is InChI=1S/C25H34N6/c1-4-15-30(17-19-6-7-19)23-13-12-22-24(29-23)31(16-5-14-26)25(28-22)27-21-10-8-20(9-11-21)18(2)3/h8-13,19H,2,4-7,14-17,26H2,1,3H3,(H,27,28). The fourth-order valence-electron chi connectivity index (χ4n) is 3.87. The lowest BCUT2D eigenvalue weighted by Crippen LogP contribution is -2.27. The Morgan fingerprint density at radius 2 is 1.97 bits per heavy atom. The predicted molar refractivity (Wildman–Crippen MR) is 131 cm³/mol. The molecule has 1 aliphatic rings. The molecule has 6 heteroatoms. The van der Waals surface area contributed by atoms with E-state index in [2.05, 4.69) is 64.7 Å². The molecule has 6 nitrogen and oxygen atoms in total. The smallest absolute Gasteiger partial charge is 0.209 e. The van der Waals surface area contributed by atoms with Crippen LogP contribution in [0.4, 0.5) is 17.5 Å². The molecule has 0 unspecified atom stereocenters. The maximum atomic E-state index is 5.83. The predicted octanol–water partition coefficient (Wildman–Crippen LogP) is 5.18. The lowest BCUT2D eigenvalue weighted by molar-refractivity contribution is 0.665. The van der Waals surface area contributed by atoms with E-state index in [1.54, 1.807) is 0 Å². The van der Waals surface area contributed by atoms with Gasteiger partial charge in [0, 0.05) is 25.3 Å². The second-order valence-electron chi connectivity index (χ2n) is 8.61. The van der Waals surface area contributed by atoms with Gasteiger partial charge in [-0.25, -0.2) is 9.97 Å². The van der Waals surface area contributed by atoms with Gasteiger partial charge in [-0.15, -0.1) is 0 Å². The molecule has 2 aromatic heterocycles. The van der Waals surface area contributed by atoms with Crippen LogP contribution in [0.1, 0.15) is 45.1 Å². The third-order valence-corrected chi connectivity index (χ3v) is 5.79. The highest BCUT2D eigenvalue weighted by Gasteiger charge is 2.25. The summed E-state index contributed by atoms with van der Waals surface area (Å²) in [5.41, 5.74) is 10.8. The van der Waals surface area contributed by atoms with Crippen LogP contribution in [-0.2, 0) is 6.54 Å². The number of hydrogen-bond donors (Lipinski definition) is 2. The van der Waals surface area contributed by atoms with Crippen molar-refractivity contribution in [1.82, 2.24) is 14.5 Å². The summed E-state index contributed by atoms with van der Waals surface area (Å²) >= 11 is 0. The van der Waals surface area contributed by atoms with Crippen molar-refractivity contribution in [3.8, 4) is 0 Å². The molecule has 1 saturated carbocycles. The van der Waals surface area contributed by atoms with Gasteiger partial charge in [0.1, 0.15) is 11.3 Å². The van der Waals surface area contributed by atoms with Gasteiger partial charge in [-0.3, -0.25) is 4.57 Å². The molecule has 0 bridgehead atoms. The Morgan fingerprint density at radius 3 is 2.61 bits per heavy atom. The van der Waals surface area contributed by atoms with Crippen LogP contribution in [-0.4, -0.2) is 34.2 Å². The quantitative estimate of drug-likeness (QED) is 0.449. The maximum absolute atomic E-state index is 5.83. The van der Waals surface area contributed by atoms with Crippen LogP contribution in [0.15, 0.2) is 43.0 Å². The van der Waals surface area contributed by atoms with Crippen molar-refractivity contribution in [2.45, 2.75) is 46.1 Å². The summed E-state index contributed by atoms with van der Waals surface area (Å²) in [7, 11) is 0. The van der Waals surface area contributed by atoms with E-state index in [4.69, 9.17) is 15.7 Å². The third kappa shape index (κ3) is 5.07. The van der Waals surface area contributed by atoms with Gasteiger partial charge in [0.2, 0.25) is 5.95 Å². The summed E-state index contributed by atoms with van der Waals surface area (Å²) in [6.45, 7) is 11.8. The highest BCUT2D eigenvalue weighted by Crippen LogP contribution is 2.32. The number of nitrogens with zero attached hydrogens (tertiary/aromatic N) is 4.